The Hall–Kier alpha value is -3.41. The highest BCUT2D eigenvalue weighted by Gasteiger charge is 2.45. The van der Waals surface area contributed by atoms with Crippen molar-refractivity contribution in [1.82, 2.24) is 20.1 Å². The quantitative estimate of drug-likeness (QED) is 0.512. The number of hydrogen-bond acceptors (Lipinski definition) is 6. The molecule has 3 fully saturated rings. The number of aliphatic hydroxyl groups is 1. The van der Waals surface area contributed by atoms with Crippen LogP contribution in [-0.2, 0) is 0 Å². The number of amides is 1. The third kappa shape index (κ3) is 4.34. The van der Waals surface area contributed by atoms with Gasteiger partial charge in [0.1, 0.15) is 11.9 Å². The van der Waals surface area contributed by atoms with Crippen LogP contribution in [0.15, 0.2) is 48.9 Å². The summed E-state index contributed by atoms with van der Waals surface area (Å²) in [6.07, 6.45) is 7.84. The van der Waals surface area contributed by atoms with Gasteiger partial charge < -0.3 is 15.3 Å². The number of nitrogens with zero attached hydrogens (tertiary/aromatic N) is 5. The number of benzene rings is 1. The molecule has 6 rings (SSSR count). The fourth-order valence-electron chi connectivity index (χ4n) is 5.57. The fraction of sp³-hybridized carbons (Fsp3) is 0.407. The molecule has 2 aliphatic carbocycles. The van der Waals surface area contributed by atoms with Gasteiger partial charge in [-0.25, -0.2) is 4.98 Å². The molecular weight excluding hydrogens is 476 g/mol. The van der Waals surface area contributed by atoms with Crippen LogP contribution < -0.4 is 10.2 Å². The Labute approximate surface area is 214 Å². The zero-order valence-electron chi connectivity index (χ0n) is 19.7. The molecule has 3 heterocycles. The number of nitriles is 1. The molecule has 2 unspecified atom stereocenters. The van der Waals surface area contributed by atoms with E-state index in [2.05, 4.69) is 26.4 Å². The van der Waals surface area contributed by atoms with Gasteiger partial charge in [0.2, 0.25) is 0 Å². The maximum absolute atomic E-state index is 12.8. The molecule has 2 N–H and O–H groups in total. The number of rotatable bonds is 7. The van der Waals surface area contributed by atoms with Crippen LogP contribution >= 0.6 is 11.6 Å². The number of anilines is 1. The second-order valence-electron chi connectivity index (χ2n) is 10.2. The van der Waals surface area contributed by atoms with Crippen LogP contribution in [0.3, 0.4) is 0 Å². The van der Waals surface area contributed by atoms with Crippen LogP contribution in [0.2, 0.25) is 5.02 Å². The van der Waals surface area contributed by atoms with E-state index in [0.29, 0.717) is 16.1 Å². The SMILES string of the molecule is N#Cc1ccc(Cl)cc1C1CC(NC(=O)c2cnn([C@@H](CO)c3ccc(N4CC5CC5C4)nc3)c2)C1. The minimum absolute atomic E-state index is 0.0263. The van der Waals surface area contributed by atoms with Crippen LogP contribution in [0.4, 0.5) is 5.82 Å². The van der Waals surface area contributed by atoms with E-state index in [4.69, 9.17) is 11.6 Å². The second kappa shape index (κ2) is 9.23. The highest BCUT2D eigenvalue weighted by molar-refractivity contribution is 6.30. The van der Waals surface area contributed by atoms with Crippen molar-refractivity contribution in [2.24, 2.45) is 11.8 Å². The summed E-state index contributed by atoms with van der Waals surface area (Å²) in [7, 11) is 0. The van der Waals surface area contributed by atoms with Crippen molar-refractivity contribution in [3.8, 4) is 6.07 Å². The molecule has 0 spiro atoms. The molecule has 1 aromatic carbocycles. The van der Waals surface area contributed by atoms with Crippen molar-refractivity contribution >= 4 is 23.3 Å². The number of nitrogens with one attached hydrogen (secondary N) is 1. The molecule has 1 amide bonds. The Morgan fingerprint density at radius 2 is 2.00 bits per heavy atom. The molecule has 2 aromatic heterocycles. The average Bonchev–Trinajstić information content (AvgIpc) is 3.23. The van der Waals surface area contributed by atoms with Gasteiger partial charge in [-0.05, 0) is 72.4 Å². The summed E-state index contributed by atoms with van der Waals surface area (Å²) in [6.45, 7) is 2.01. The topological polar surface area (TPSA) is 107 Å². The van der Waals surface area contributed by atoms with Crippen molar-refractivity contribution in [2.75, 3.05) is 24.6 Å². The maximum Gasteiger partial charge on any atom is 0.254 e. The van der Waals surface area contributed by atoms with Gasteiger partial charge in [0.05, 0.1) is 30.0 Å². The molecular formula is C27H27ClN6O2. The summed E-state index contributed by atoms with van der Waals surface area (Å²) in [5, 5.41) is 27.4. The van der Waals surface area contributed by atoms with Crippen molar-refractivity contribution in [3.05, 3.63) is 76.2 Å². The number of piperidine rings is 1. The summed E-state index contributed by atoms with van der Waals surface area (Å²) >= 11 is 6.12. The Morgan fingerprint density at radius 3 is 2.69 bits per heavy atom. The molecule has 3 atom stereocenters. The van der Waals surface area contributed by atoms with E-state index < -0.39 is 6.04 Å². The normalized spacial score (nSPS) is 25.0. The molecule has 8 nitrogen and oxygen atoms in total. The van der Waals surface area contributed by atoms with Gasteiger partial charge in [0, 0.05) is 36.5 Å². The lowest BCUT2D eigenvalue weighted by molar-refractivity contribution is 0.0908. The predicted molar refractivity (Wildman–Crippen MR) is 135 cm³/mol. The van der Waals surface area contributed by atoms with Gasteiger partial charge in [-0.15, -0.1) is 0 Å². The zero-order valence-corrected chi connectivity index (χ0v) is 20.5. The number of halogens is 1. The van der Waals surface area contributed by atoms with E-state index in [0.717, 1.165) is 54.7 Å². The van der Waals surface area contributed by atoms with Crippen LogP contribution in [0, 0.1) is 23.2 Å². The van der Waals surface area contributed by atoms with Crippen LogP contribution in [0.1, 0.15) is 58.3 Å². The fourth-order valence-corrected chi connectivity index (χ4v) is 5.75. The summed E-state index contributed by atoms with van der Waals surface area (Å²) < 4.78 is 1.62. The first-order valence-electron chi connectivity index (χ1n) is 12.4. The smallest absolute Gasteiger partial charge is 0.254 e. The monoisotopic (exact) mass is 502 g/mol. The van der Waals surface area contributed by atoms with Gasteiger partial charge in [0.15, 0.2) is 0 Å². The molecule has 9 heteroatoms. The van der Waals surface area contributed by atoms with E-state index in [-0.39, 0.29) is 24.5 Å². The predicted octanol–water partition coefficient (Wildman–Crippen LogP) is 3.52. The van der Waals surface area contributed by atoms with Crippen molar-refractivity contribution < 1.29 is 9.90 Å². The van der Waals surface area contributed by atoms with E-state index in [1.54, 1.807) is 29.2 Å². The number of hydrogen-bond donors (Lipinski definition) is 2. The first kappa shape index (κ1) is 23.0. The van der Waals surface area contributed by atoms with Crippen LogP contribution in [0.5, 0.6) is 0 Å². The molecule has 3 aromatic rings. The molecule has 36 heavy (non-hydrogen) atoms. The van der Waals surface area contributed by atoms with Gasteiger partial charge in [-0.3, -0.25) is 9.48 Å². The molecule has 0 radical (unpaired) electrons. The van der Waals surface area contributed by atoms with Crippen molar-refractivity contribution in [3.63, 3.8) is 0 Å². The Morgan fingerprint density at radius 1 is 1.19 bits per heavy atom. The number of aliphatic hydroxyl groups excluding tert-OH is 1. The molecule has 1 saturated heterocycles. The van der Waals surface area contributed by atoms with Crippen LogP contribution in [-0.4, -0.2) is 51.5 Å². The first-order valence-corrected chi connectivity index (χ1v) is 12.8. The molecule has 2 saturated carbocycles. The van der Waals surface area contributed by atoms with E-state index in [1.807, 2.05) is 18.2 Å². The number of aromatic nitrogens is 3. The summed E-state index contributed by atoms with van der Waals surface area (Å²) in [5.74, 6) is 2.65. The first-order chi connectivity index (χ1) is 17.5. The van der Waals surface area contributed by atoms with Gasteiger partial charge in [0.25, 0.3) is 5.91 Å². The Bertz CT molecular complexity index is 1320. The zero-order chi connectivity index (χ0) is 24.8. The van der Waals surface area contributed by atoms with Gasteiger partial charge >= 0.3 is 0 Å². The minimum Gasteiger partial charge on any atom is -0.394 e. The highest BCUT2D eigenvalue weighted by Crippen LogP contribution is 2.46. The number of carbonyl (C=O) groups is 1. The van der Waals surface area contributed by atoms with Crippen LogP contribution in [0.25, 0.3) is 0 Å². The molecule has 0 bridgehead atoms. The summed E-state index contributed by atoms with van der Waals surface area (Å²) in [5.41, 5.74) is 2.86. The van der Waals surface area contributed by atoms with E-state index in [1.165, 1.54) is 12.6 Å². The van der Waals surface area contributed by atoms with Crippen molar-refractivity contribution in [2.45, 2.75) is 37.3 Å². The average molecular weight is 503 g/mol. The lowest BCUT2D eigenvalue weighted by Crippen LogP contribution is -2.43. The largest absolute Gasteiger partial charge is 0.394 e. The maximum atomic E-state index is 12.8. The Balaban J connectivity index is 1.07. The Kier molecular flexibility index (Phi) is 5.90. The number of fused-ring (bicyclic) bond motifs is 1. The standard InChI is InChI=1S/C27H27ClN6O2/c28-22-3-1-16(9-29)24(8-22)18-6-23(7-18)32-27(36)21-11-31-34(14-21)25(15-35)17-2-4-26(30-10-17)33-12-19-5-20(19)13-33/h1-4,8,10-11,14,18-20,23,25,35H,5-7,12-13,15H2,(H,32,36)/t18?,19?,20?,23?,25-/m0/s1. The molecule has 3 aliphatic rings. The third-order valence-electron chi connectivity index (χ3n) is 7.86. The van der Waals surface area contributed by atoms with Gasteiger partial charge in [-0.1, -0.05) is 17.7 Å². The lowest BCUT2D eigenvalue weighted by atomic mass is 9.74. The summed E-state index contributed by atoms with van der Waals surface area (Å²) in [4.78, 5) is 19.8. The molecule has 184 valence electrons. The minimum atomic E-state index is -0.416. The van der Waals surface area contributed by atoms with Crippen molar-refractivity contribution in [1.29, 1.82) is 5.26 Å². The third-order valence-corrected chi connectivity index (χ3v) is 8.10. The van der Waals surface area contributed by atoms with Gasteiger partial charge in [-0.2, -0.15) is 10.4 Å². The second-order valence-corrected chi connectivity index (χ2v) is 10.6. The molecule has 1 aliphatic heterocycles. The highest BCUT2D eigenvalue weighted by atomic mass is 35.5. The van der Waals surface area contributed by atoms with E-state index in [9.17, 15) is 15.2 Å². The lowest BCUT2D eigenvalue weighted by Gasteiger charge is -2.36. The number of carbonyl (C=O) groups excluding carboxylic acids is 1. The summed E-state index contributed by atoms with van der Waals surface area (Å²) in [6, 6.07) is 11.1. The van der Waals surface area contributed by atoms with E-state index >= 15 is 0 Å². The number of pyridine rings is 1.